The van der Waals surface area contributed by atoms with E-state index in [9.17, 15) is 0 Å². The molecule has 2 aromatic carbocycles. The Hall–Kier alpha value is -1.50. The number of benzene rings is 2. The maximum absolute atomic E-state index is 3.81. The van der Waals surface area contributed by atoms with Gasteiger partial charge in [0.1, 0.15) is 0 Å². The Labute approximate surface area is 114 Å². The van der Waals surface area contributed by atoms with E-state index in [1.165, 1.54) is 35.7 Å². The molecule has 4 atom stereocenters. The fourth-order valence-corrected chi connectivity index (χ4v) is 4.99. The highest BCUT2D eigenvalue weighted by molar-refractivity contribution is 5.85. The minimum absolute atomic E-state index is 0.785. The molecule has 1 nitrogen and oxygen atoms in total. The van der Waals surface area contributed by atoms with E-state index in [1.807, 2.05) is 0 Å². The fourth-order valence-electron chi connectivity index (χ4n) is 4.99. The van der Waals surface area contributed by atoms with Gasteiger partial charge >= 0.3 is 0 Å². The second kappa shape index (κ2) is 3.53. The molecule has 3 aliphatic carbocycles. The molecule has 2 bridgehead atoms. The second-order valence-corrected chi connectivity index (χ2v) is 6.72. The van der Waals surface area contributed by atoms with Crippen molar-refractivity contribution in [3.05, 3.63) is 42.5 Å². The largest absolute Gasteiger partial charge is 0.382 e. The van der Waals surface area contributed by atoms with Crippen LogP contribution in [-0.4, -0.2) is 6.04 Å². The summed E-state index contributed by atoms with van der Waals surface area (Å²) in [5, 5.41) is 6.50. The van der Waals surface area contributed by atoms with Crippen LogP contribution in [0.1, 0.15) is 19.3 Å². The Morgan fingerprint density at radius 3 is 2.37 bits per heavy atom. The lowest BCUT2D eigenvalue weighted by molar-refractivity contribution is 0.456. The van der Waals surface area contributed by atoms with Crippen LogP contribution in [0.15, 0.2) is 42.5 Å². The number of anilines is 1. The molecule has 0 spiro atoms. The first kappa shape index (κ1) is 10.3. The van der Waals surface area contributed by atoms with Crippen molar-refractivity contribution in [2.24, 2.45) is 23.7 Å². The number of fused-ring (bicyclic) bond motifs is 6. The van der Waals surface area contributed by atoms with E-state index in [1.54, 1.807) is 0 Å². The van der Waals surface area contributed by atoms with Crippen LogP contribution in [-0.2, 0) is 0 Å². The molecule has 0 aromatic heterocycles. The Kier molecular flexibility index (Phi) is 1.92. The van der Waals surface area contributed by atoms with E-state index in [0.717, 1.165) is 29.7 Å². The maximum atomic E-state index is 3.81. The zero-order valence-corrected chi connectivity index (χ0v) is 11.0. The van der Waals surface area contributed by atoms with E-state index in [0.29, 0.717) is 0 Å². The molecule has 0 radical (unpaired) electrons. The van der Waals surface area contributed by atoms with E-state index in [4.69, 9.17) is 0 Å². The predicted octanol–water partition coefficient (Wildman–Crippen LogP) is 4.30. The predicted molar refractivity (Wildman–Crippen MR) is 79.2 cm³/mol. The molecular formula is C18H19N. The Balaban J connectivity index is 1.41. The minimum Gasteiger partial charge on any atom is -0.382 e. The van der Waals surface area contributed by atoms with Crippen molar-refractivity contribution in [2.45, 2.75) is 25.3 Å². The van der Waals surface area contributed by atoms with Crippen LogP contribution >= 0.6 is 0 Å². The third kappa shape index (κ3) is 1.42. The van der Waals surface area contributed by atoms with Crippen molar-refractivity contribution in [1.29, 1.82) is 0 Å². The minimum atomic E-state index is 0.785. The summed E-state index contributed by atoms with van der Waals surface area (Å²) in [6, 6.07) is 16.2. The third-order valence-electron chi connectivity index (χ3n) is 5.82. The molecule has 1 heteroatoms. The lowest BCUT2D eigenvalue weighted by atomic mass is 10.0. The molecule has 19 heavy (non-hydrogen) atoms. The maximum Gasteiger partial charge on any atom is 0.0348 e. The van der Waals surface area contributed by atoms with Crippen LogP contribution in [0, 0.1) is 23.7 Å². The van der Waals surface area contributed by atoms with E-state index >= 15 is 0 Å². The van der Waals surface area contributed by atoms with E-state index < -0.39 is 0 Å². The molecule has 0 amide bonds. The normalized spacial score (nSPS) is 38.4. The average Bonchev–Trinajstić information content (AvgIpc) is 2.85. The van der Waals surface area contributed by atoms with Crippen LogP contribution in [0.3, 0.4) is 0 Å². The van der Waals surface area contributed by atoms with Crippen LogP contribution in [0.4, 0.5) is 5.69 Å². The van der Waals surface area contributed by atoms with Crippen LogP contribution < -0.4 is 5.32 Å². The van der Waals surface area contributed by atoms with Crippen LogP contribution in [0.25, 0.3) is 10.8 Å². The van der Waals surface area contributed by atoms with Crippen molar-refractivity contribution in [3.63, 3.8) is 0 Å². The number of nitrogens with one attached hydrogen (secondary N) is 1. The highest BCUT2D eigenvalue weighted by atomic mass is 15.0. The standard InChI is InChI=1S/C18H19N/c1-2-4-12-10-15(8-7-11(12)3-1)19-18-16-13-5-6-14(9-13)17(16)18/h1-4,7-8,10,13-14,16-19H,5-6,9H2. The number of hydrogen-bond acceptors (Lipinski definition) is 1. The number of hydrogen-bond donors (Lipinski definition) is 1. The summed E-state index contributed by atoms with van der Waals surface area (Å²) in [5.74, 6) is 4.11. The summed E-state index contributed by atoms with van der Waals surface area (Å²) < 4.78 is 0. The van der Waals surface area contributed by atoms with Gasteiger partial charge < -0.3 is 5.32 Å². The van der Waals surface area contributed by atoms with Crippen LogP contribution in [0.2, 0.25) is 0 Å². The summed E-state index contributed by atoms with van der Waals surface area (Å²) in [4.78, 5) is 0. The molecule has 3 saturated carbocycles. The fraction of sp³-hybridized carbons (Fsp3) is 0.444. The highest BCUT2D eigenvalue weighted by Crippen LogP contribution is 2.66. The van der Waals surface area contributed by atoms with Crippen molar-refractivity contribution >= 4 is 16.5 Å². The van der Waals surface area contributed by atoms with Gasteiger partial charge in [0.05, 0.1) is 0 Å². The molecule has 0 aliphatic heterocycles. The van der Waals surface area contributed by atoms with Crippen molar-refractivity contribution in [1.82, 2.24) is 0 Å². The summed E-state index contributed by atoms with van der Waals surface area (Å²) >= 11 is 0. The molecular weight excluding hydrogens is 230 g/mol. The molecule has 3 fully saturated rings. The second-order valence-electron chi connectivity index (χ2n) is 6.72. The van der Waals surface area contributed by atoms with Crippen molar-refractivity contribution in [2.75, 3.05) is 5.32 Å². The molecule has 3 aliphatic rings. The van der Waals surface area contributed by atoms with Gasteiger partial charge in [0.15, 0.2) is 0 Å². The van der Waals surface area contributed by atoms with E-state index in [2.05, 4.69) is 47.8 Å². The molecule has 0 heterocycles. The highest BCUT2D eigenvalue weighted by Gasteiger charge is 2.64. The topological polar surface area (TPSA) is 12.0 Å². The zero-order chi connectivity index (χ0) is 12.4. The lowest BCUT2D eigenvalue weighted by Crippen LogP contribution is -2.12. The first-order valence-corrected chi connectivity index (χ1v) is 7.65. The Morgan fingerprint density at radius 1 is 0.842 bits per heavy atom. The molecule has 2 aromatic rings. The molecule has 1 N–H and O–H groups in total. The first-order chi connectivity index (χ1) is 9.40. The summed E-state index contributed by atoms with van der Waals surface area (Å²) in [6.45, 7) is 0. The van der Waals surface area contributed by atoms with Gasteiger partial charge in [-0.1, -0.05) is 30.3 Å². The smallest absolute Gasteiger partial charge is 0.0348 e. The summed E-state index contributed by atoms with van der Waals surface area (Å²) in [7, 11) is 0. The van der Waals surface area contributed by atoms with Gasteiger partial charge in [-0.25, -0.2) is 0 Å². The van der Waals surface area contributed by atoms with Gasteiger partial charge in [-0.3, -0.25) is 0 Å². The third-order valence-corrected chi connectivity index (χ3v) is 5.82. The molecule has 4 unspecified atom stereocenters. The Bertz CT molecular complexity index is 631. The summed E-state index contributed by atoms with van der Waals surface area (Å²) in [5.41, 5.74) is 1.32. The van der Waals surface area contributed by atoms with Gasteiger partial charge in [-0.2, -0.15) is 0 Å². The van der Waals surface area contributed by atoms with Gasteiger partial charge in [0, 0.05) is 11.7 Å². The number of rotatable bonds is 2. The van der Waals surface area contributed by atoms with Crippen molar-refractivity contribution in [3.8, 4) is 0 Å². The van der Waals surface area contributed by atoms with Gasteiger partial charge in [-0.05, 0) is 65.8 Å². The zero-order valence-electron chi connectivity index (χ0n) is 11.0. The molecule has 0 saturated heterocycles. The monoisotopic (exact) mass is 249 g/mol. The first-order valence-electron chi connectivity index (χ1n) is 7.65. The Morgan fingerprint density at radius 2 is 1.58 bits per heavy atom. The quantitative estimate of drug-likeness (QED) is 0.837. The lowest BCUT2D eigenvalue weighted by Gasteiger charge is -2.12. The molecule has 96 valence electrons. The van der Waals surface area contributed by atoms with Crippen LogP contribution in [0.5, 0.6) is 0 Å². The van der Waals surface area contributed by atoms with Gasteiger partial charge in [-0.15, -0.1) is 0 Å². The van der Waals surface area contributed by atoms with Gasteiger partial charge in [0.2, 0.25) is 0 Å². The van der Waals surface area contributed by atoms with Gasteiger partial charge in [0.25, 0.3) is 0 Å². The molecule has 5 rings (SSSR count). The van der Waals surface area contributed by atoms with E-state index in [-0.39, 0.29) is 0 Å². The summed E-state index contributed by atoms with van der Waals surface area (Å²) in [6.07, 6.45) is 4.54. The average molecular weight is 249 g/mol. The van der Waals surface area contributed by atoms with Crippen molar-refractivity contribution < 1.29 is 0 Å². The SMILES string of the molecule is c1ccc2cc(NC3C4C5CCC(C5)C34)ccc2c1.